The van der Waals surface area contributed by atoms with Crippen molar-refractivity contribution < 1.29 is 19.2 Å². The van der Waals surface area contributed by atoms with E-state index in [4.69, 9.17) is 0 Å². The van der Waals surface area contributed by atoms with E-state index < -0.39 is 23.4 Å². The number of hydrogen-bond acceptors (Lipinski definition) is 6. The van der Waals surface area contributed by atoms with Gasteiger partial charge >= 0.3 is 11.8 Å². The third kappa shape index (κ3) is 1.41. The van der Waals surface area contributed by atoms with Gasteiger partial charge in [-0.05, 0) is 0 Å². The van der Waals surface area contributed by atoms with Gasteiger partial charge in [0.25, 0.3) is 11.6 Å². The zero-order valence-corrected chi connectivity index (χ0v) is 7.58. The molecule has 0 unspecified atom stereocenters. The van der Waals surface area contributed by atoms with Crippen molar-refractivity contribution in [2.45, 2.75) is 0 Å². The lowest BCUT2D eigenvalue weighted by Crippen LogP contribution is -2.24. The van der Waals surface area contributed by atoms with Gasteiger partial charge < -0.3 is 0 Å². The SMILES string of the molecule is O=C1N=NC=C(C2=CN=NC(=O)C2=O)C1=O. The number of ketones is 2. The maximum atomic E-state index is 11.3. The highest BCUT2D eigenvalue weighted by Gasteiger charge is 2.32. The summed E-state index contributed by atoms with van der Waals surface area (Å²) in [7, 11) is 0. The molecule has 2 aliphatic rings. The van der Waals surface area contributed by atoms with E-state index >= 15 is 0 Å². The first-order chi connectivity index (χ1) is 7.61. The van der Waals surface area contributed by atoms with Crippen LogP contribution in [0.3, 0.4) is 0 Å². The van der Waals surface area contributed by atoms with E-state index in [1.165, 1.54) is 0 Å². The number of amides is 2. The molecule has 0 aromatic rings. The highest BCUT2D eigenvalue weighted by Crippen LogP contribution is 2.19. The van der Waals surface area contributed by atoms with Crippen molar-refractivity contribution in [3.8, 4) is 0 Å². The van der Waals surface area contributed by atoms with Gasteiger partial charge in [-0.15, -0.1) is 10.2 Å². The lowest BCUT2D eigenvalue weighted by Gasteiger charge is -2.08. The van der Waals surface area contributed by atoms with E-state index in [1.54, 1.807) is 0 Å². The topological polar surface area (TPSA) is 118 Å². The van der Waals surface area contributed by atoms with E-state index in [9.17, 15) is 19.2 Å². The summed E-state index contributed by atoms with van der Waals surface area (Å²) in [6, 6.07) is 0. The quantitative estimate of drug-likeness (QED) is 0.569. The van der Waals surface area contributed by atoms with Crippen molar-refractivity contribution >= 4 is 23.4 Å². The molecule has 0 saturated heterocycles. The highest BCUT2D eigenvalue weighted by molar-refractivity contribution is 6.51. The van der Waals surface area contributed by atoms with Gasteiger partial charge in [0, 0.05) is 0 Å². The van der Waals surface area contributed by atoms with E-state index in [0.717, 1.165) is 12.4 Å². The van der Waals surface area contributed by atoms with Gasteiger partial charge in [-0.25, -0.2) is 0 Å². The molecule has 0 bridgehead atoms. The van der Waals surface area contributed by atoms with Crippen molar-refractivity contribution in [2.75, 3.05) is 0 Å². The molecule has 0 fully saturated rings. The van der Waals surface area contributed by atoms with Crippen molar-refractivity contribution in [3.63, 3.8) is 0 Å². The fraction of sp³-hybridized carbons (Fsp3) is 0. The first kappa shape index (κ1) is 9.90. The number of hydrogen-bond donors (Lipinski definition) is 0. The minimum absolute atomic E-state index is 0.294. The number of Topliss-reactive ketones (excluding diaryl/α,β-unsaturated/α-hetero) is 2. The van der Waals surface area contributed by atoms with Gasteiger partial charge in [0.2, 0.25) is 0 Å². The fourth-order valence-corrected chi connectivity index (χ4v) is 1.10. The highest BCUT2D eigenvalue weighted by atomic mass is 16.2. The molecule has 2 amide bonds. The maximum Gasteiger partial charge on any atom is 0.336 e. The average molecular weight is 218 g/mol. The Morgan fingerprint density at radius 3 is 1.44 bits per heavy atom. The van der Waals surface area contributed by atoms with Crippen LogP contribution >= 0.6 is 0 Å². The first-order valence-electron chi connectivity index (χ1n) is 4.01. The Balaban J connectivity index is 2.47. The van der Waals surface area contributed by atoms with E-state index in [-0.39, 0.29) is 11.1 Å². The van der Waals surface area contributed by atoms with Crippen LogP contribution < -0.4 is 0 Å². The second-order valence-corrected chi connectivity index (χ2v) is 2.79. The summed E-state index contributed by atoms with van der Waals surface area (Å²) in [5.41, 5.74) is -0.589. The van der Waals surface area contributed by atoms with Crippen LogP contribution in [0.15, 0.2) is 44.0 Å². The number of azo groups is 2. The minimum atomic E-state index is -1.10. The van der Waals surface area contributed by atoms with Crippen LogP contribution in [0.4, 0.5) is 0 Å². The van der Waals surface area contributed by atoms with E-state index in [2.05, 4.69) is 20.5 Å². The summed E-state index contributed by atoms with van der Waals surface area (Å²) < 4.78 is 0. The second-order valence-electron chi connectivity index (χ2n) is 2.79. The van der Waals surface area contributed by atoms with Crippen molar-refractivity contribution in [1.29, 1.82) is 0 Å². The lowest BCUT2D eigenvalue weighted by molar-refractivity contribution is -0.135. The summed E-state index contributed by atoms with van der Waals surface area (Å²) in [6.45, 7) is 0. The Morgan fingerprint density at radius 1 is 0.688 bits per heavy atom. The molecule has 2 rings (SSSR count). The third-order valence-corrected chi connectivity index (χ3v) is 1.84. The maximum absolute atomic E-state index is 11.3. The molecule has 0 aliphatic carbocycles. The molecule has 0 aromatic carbocycles. The Kier molecular flexibility index (Phi) is 2.16. The zero-order valence-electron chi connectivity index (χ0n) is 7.58. The number of carbonyl (C=O) groups excluding carboxylic acids is 4. The van der Waals surface area contributed by atoms with Crippen molar-refractivity contribution in [3.05, 3.63) is 23.5 Å². The molecule has 2 aliphatic heterocycles. The third-order valence-electron chi connectivity index (χ3n) is 1.84. The monoisotopic (exact) mass is 218 g/mol. The Labute approximate surface area is 87.4 Å². The molecule has 78 valence electrons. The number of nitrogens with zero attached hydrogens (tertiary/aromatic N) is 4. The Morgan fingerprint density at radius 2 is 1.06 bits per heavy atom. The molecule has 0 saturated carbocycles. The Hall–Kier alpha value is -2.64. The number of carbonyl (C=O) groups is 4. The molecular formula is C8H2N4O4. The molecule has 16 heavy (non-hydrogen) atoms. The molecular weight excluding hydrogens is 216 g/mol. The standard InChI is InChI=1S/C8H2N4O4/c13-5-3(1-9-11-7(5)15)4-2-10-12-8(16)6(4)14/h1-2H. The largest absolute Gasteiger partial charge is 0.336 e. The second kappa shape index (κ2) is 3.50. The molecule has 8 nitrogen and oxygen atoms in total. The van der Waals surface area contributed by atoms with Gasteiger partial charge in [-0.3, -0.25) is 19.2 Å². The van der Waals surface area contributed by atoms with Crippen molar-refractivity contribution in [2.24, 2.45) is 20.5 Å². The fourth-order valence-electron chi connectivity index (χ4n) is 1.10. The smallest absolute Gasteiger partial charge is 0.283 e. The molecule has 0 atom stereocenters. The van der Waals surface area contributed by atoms with Crippen LogP contribution in [-0.4, -0.2) is 23.4 Å². The van der Waals surface area contributed by atoms with Gasteiger partial charge in [0.15, 0.2) is 0 Å². The average Bonchev–Trinajstić information content (AvgIpc) is 2.27. The van der Waals surface area contributed by atoms with Crippen LogP contribution in [0, 0.1) is 0 Å². The summed E-state index contributed by atoms with van der Waals surface area (Å²) in [4.78, 5) is 44.5. The van der Waals surface area contributed by atoms with Crippen LogP contribution in [0.25, 0.3) is 0 Å². The molecule has 0 radical (unpaired) electrons. The van der Waals surface area contributed by atoms with Gasteiger partial charge in [0.1, 0.15) is 0 Å². The summed E-state index contributed by atoms with van der Waals surface area (Å²) >= 11 is 0. The van der Waals surface area contributed by atoms with E-state index in [0.29, 0.717) is 0 Å². The summed E-state index contributed by atoms with van der Waals surface area (Å²) in [5.74, 6) is -4.19. The van der Waals surface area contributed by atoms with Gasteiger partial charge in [0.05, 0.1) is 23.5 Å². The first-order valence-corrected chi connectivity index (χ1v) is 4.01. The van der Waals surface area contributed by atoms with Gasteiger partial charge in [-0.1, -0.05) is 0 Å². The summed E-state index contributed by atoms with van der Waals surface area (Å²) in [5, 5.41) is 12.4. The van der Waals surface area contributed by atoms with Gasteiger partial charge in [-0.2, -0.15) is 10.2 Å². The van der Waals surface area contributed by atoms with Crippen LogP contribution in [0.2, 0.25) is 0 Å². The predicted octanol–water partition coefficient (Wildman–Crippen LogP) is -0.123. The molecule has 0 N–H and O–H groups in total. The predicted molar refractivity (Wildman–Crippen MR) is 45.9 cm³/mol. The molecule has 8 heteroatoms. The minimum Gasteiger partial charge on any atom is -0.283 e. The zero-order chi connectivity index (χ0) is 11.7. The van der Waals surface area contributed by atoms with E-state index in [1.807, 2.05) is 0 Å². The van der Waals surface area contributed by atoms with Crippen LogP contribution in [-0.2, 0) is 19.2 Å². The van der Waals surface area contributed by atoms with Crippen LogP contribution in [0.5, 0.6) is 0 Å². The molecule has 0 spiro atoms. The number of rotatable bonds is 1. The Bertz CT molecular complexity index is 502. The molecule has 2 heterocycles. The lowest BCUT2D eigenvalue weighted by atomic mass is 9.98. The normalized spacial score (nSPS) is 20.0. The van der Waals surface area contributed by atoms with Crippen molar-refractivity contribution in [1.82, 2.24) is 0 Å². The molecule has 0 aromatic heterocycles. The van der Waals surface area contributed by atoms with Crippen LogP contribution in [0.1, 0.15) is 0 Å². The summed E-state index contributed by atoms with van der Waals surface area (Å²) in [6.07, 6.45) is 1.86.